The Morgan fingerprint density at radius 3 is 2.86 bits per heavy atom. The maximum atomic E-state index is 11.8. The minimum atomic E-state index is -0.494. The molecule has 118 valence electrons. The fourth-order valence-electron chi connectivity index (χ4n) is 2.10. The van der Waals surface area contributed by atoms with Gasteiger partial charge in [-0.1, -0.05) is 35.4 Å². The molecule has 1 aliphatic rings. The van der Waals surface area contributed by atoms with E-state index in [1.54, 1.807) is 6.92 Å². The van der Waals surface area contributed by atoms with Crippen LogP contribution < -0.4 is 5.32 Å². The van der Waals surface area contributed by atoms with Crippen LogP contribution in [-0.2, 0) is 14.3 Å². The highest BCUT2D eigenvalue weighted by Crippen LogP contribution is 2.25. The molecular weight excluding hydrogens is 327 g/mol. The van der Waals surface area contributed by atoms with Gasteiger partial charge in [0.15, 0.2) is 12.4 Å². The van der Waals surface area contributed by atoms with Gasteiger partial charge < -0.3 is 10.1 Å². The van der Waals surface area contributed by atoms with Crippen LogP contribution in [0.15, 0.2) is 18.2 Å². The Hall–Kier alpha value is -1.59. The zero-order chi connectivity index (χ0) is 16.1. The molecule has 1 atom stereocenters. The number of pyridine rings is 1. The molecule has 1 N–H and O–H groups in total. The van der Waals surface area contributed by atoms with E-state index in [1.165, 1.54) is 6.07 Å². The largest absolute Gasteiger partial charge is 0.456 e. The van der Waals surface area contributed by atoms with E-state index in [0.29, 0.717) is 17.1 Å². The van der Waals surface area contributed by atoms with E-state index in [9.17, 15) is 9.59 Å². The van der Waals surface area contributed by atoms with Crippen molar-refractivity contribution in [3.05, 3.63) is 34.0 Å². The van der Waals surface area contributed by atoms with Crippen molar-refractivity contribution in [1.82, 2.24) is 4.98 Å². The zero-order valence-corrected chi connectivity index (χ0v) is 13.6. The number of amides is 1. The van der Waals surface area contributed by atoms with Gasteiger partial charge in [0.2, 0.25) is 0 Å². The highest BCUT2D eigenvalue weighted by atomic mass is 35.5. The first kappa shape index (κ1) is 16.8. The van der Waals surface area contributed by atoms with Gasteiger partial charge in [0.25, 0.3) is 5.91 Å². The number of carbonyl (C=O) groups is 2. The van der Waals surface area contributed by atoms with Gasteiger partial charge in [-0.25, -0.2) is 4.98 Å². The van der Waals surface area contributed by atoms with E-state index in [1.807, 2.05) is 12.2 Å². The maximum Gasteiger partial charge on any atom is 0.306 e. The summed E-state index contributed by atoms with van der Waals surface area (Å²) in [5, 5.41) is 3.14. The van der Waals surface area contributed by atoms with Gasteiger partial charge in [0, 0.05) is 0 Å². The van der Waals surface area contributed by atoms with Crippen molar-refractivity contribution in [2.75, 3.05) is 11.9 Å². The molecule has 0 fully saturated rings. The summed E-state index contributed by atoms with van der Waals surface area (Å²) in [6.45, 7) is 1.33. The molecule has 0 saturated heterocycles. The SMILES string of the molecule is Cc1nc(NC(=O)COC(=O)C[C@@H]2C=CCC2)c(Cl)cc1Cl. The second-order valence-corrected chi connectivity index (χ2v) is 5.88. The van der Waals surface area contributed by atoms with Crippen molar-refractivity contribution in [3.63, 3.8) is 0 Å². The molecule has 1 heterocycles. The van der Waals surface area contributed by atoms with E-state index >= 15 is 0 Å². The van der Waals surface area contributed by atoms with Crippen LogP contribution in [0.2, 0.25) is 10.0 Å². The minimum absolute atomic E-state index is 0.198. The van der Waals surface area contributed by atoms with Crippen LogP contribution in [0.25, 0.3) is 0 Å². The summed E-state index contributed by atoms with van der Waals surface area (Å²) in [5.74, 6) is -0.474. The lowest BCUT2D eigenvalue weighted by Gasteiger charge is -2.10. The molecule has 7 heteroatoms. The lowest BCUT2D eigenvalue weighted by atomic mass is 10.1. The second kappa shape index (κ2) is 7.61. The number of nitrogens with one attached hydrogen (secondary N) is 1. The number of hydrogen-bond donors (Lipinski definition) is 1. The van der Waals surface area contributed by atoms with Crippen molar-refractivity contribution in [3.8, 4) is 0 Å². The number of carbonyl (C=O) groups excluding carboxylic acids is 2. The molecule has 1 aromatic heterocycles. The third-order valence-corrected chi connectivity index (χ3v) is 3.94. The van der Waals surface area contributed by atoms with Crippen LogP contribution in [0.1, 0.15) is 25.0 Å². The Morgan fingerprint density at radius 1 is 1.41 bits per heavy atom. The maximum absolute atomic E-state index is 11.8. The number of halogens is 2. The molecule has 0 unspecified atom stereocenters. The first-order valence-corrected chi connectivity index (χ1v) is 7.66. The third-order valence-electron chi connectivity index (χ3n) is 3.27. The normalized spacial score (nSPS) is 16.6. The monoisotopic (exact) mass is 342 g/mol. The summed E-state index contributed by atoms with van der Waals surface area (Å²) in [6.07, 6.45) is 6.27. The Bertz CT molecular complexity index is 617. The number of aromatic nitrogens is 1. The smallest absolute Gasteiger partial charge is 0.306 e. The number of nitrogens with zero attached hydrogens (tertiary/aromatic N) is 1. The number of esters is 1. The van der Waals surface area contributed by atoms with Crippen LogP contribution in [0.3, 0.4) is 0 Å². The lowest BCUT2D eigenvalue weighted by Crippen LogP contribution is -2.22. The molecule has 2 rings (SSSR count). The van der Waals surface area contributed by atoms with Crippen molar-refractivity contribution >= 4 is 40.9 Å². The molecule has 1 amide bonds. The Morgan fingerprint density at radius 2 is 2.18 bits per heavy atom. The number of rotatable bonds is 5. The van der Waals surface area contributed by atoms with Crippen molar-refractivity contribution < 1.29 is 14.3 Å². The Kier molecular flexibility index (Phi) is 5.80. The van der Waals surface area contributed by atoms with Crippen molar-refractivity contribution in [1.29, 1.82) is 0 Å². The van der Waals surface area contributed by atoms with E-state index < -0.39 is 11.9 Å². The summed E-state index contributed by atoms with van der Waals surface area (Å²) < 4.78 is 4.95. The summed E-state index contributed by atoms with van der Waals surface area (Å²) in [4.78, 5) is 27.5. The molecule has 1 aromatic rings. The van der Waals surface area contributed by atoms with Crippen LogP contribution in [-0.4, -0.2) is 23.5 Å². The molecule has 0 aliphatic heterocycles. The van der Waals surface area contributed by atoms with Gasteiger partial charge in [-0.15, -0.1) is 0 Å². The van der Waals surface area contributed by atoms with E-state index in [0.717, 1.165) is 12.8 Å². The van der Waals surface area contributed by atoms with E-state index in [4.69, 9.17) is 27.9 Å². The minimum Gasteiger partial charge on any atom is -0.456 e. The van der Waals surface area contributed by atoms with Gasteiger partial charge in [0.05, 0.1) is 22.2 Å². The zero-order valence-electron chi connectivity index (χ0n) is 12.1. The number of ether oxygens (including phenoxy) is 1. The third kappa shape index (κ3) is 4.71. The van der Waals surface area contributed by atoms with Gasteiger partial charge in [0.1, 0.15) is 0 Å². The molecule has 22 heavy (non-hydrogen) atoms. The second-order valence-electron chi connectivity index (χ2n) is 5.06. The molecule has 0 spiro atoms. The molecule has 0 saturated carbocycles. The standard InChI is InChI=1S/C15H16Cl2N2O3/c1-9-11(16)7-12(17)15(18-9)19-13(20)8-22-14(21)6-10-4-2-3-5-10/h2,4,7,10H,3,5-6,8H2,1H3,(H,18,19,20)/t10-/m1/s1. The quantitative estimate of drug-likeness (QED) is 0.656. The summed E-state index contributed by atoms with van der Waals surface area (Å²) in [7, 11) is 0. The van der Waals surface area contributed by atoms with Crippen molar-refractivity contribution in [2.24, 2.45) is 5.92 Å². The summed E-state index contributed by atoms with van der Waals surface area (Å²) in [5.41, 5.74) is 0.548. The molecule has 0 radical (unpaired) electrons. The summed E-state index contributed by atoms with van der Waals surface area (Å²) in [6, 6.07) is 1.50. The Balaban J connectivity index is 1.81. The predicted octanol–water partition coefficient (Wildman–Crippen LogP) is 3.53. The number of hydrogen-bond acceptors (Lipinski definition) is 4. The molecule has 0 bridgehead atoms. The molecular formula is C15H16Cl2N2O3. The fourth-order valence-corrected chi connectivity index (χ4v) is 2.50. The molecule has 0 aromatic carbocycles. The van der Waals surface area contributed by atoms with Crippen LogP contribution in [0.4, 0.5) is 5.82 Å². The van der Waals surface area contributed by atoms with Gasteiger partial charge in [-0.05, 0) is 31.7 Å². The topological polar surface area (TPSA) is 68.3 Å². The number of aryl methyl sites for hydroxylation is 1. The summed E-state index contributed by atoms with van der Waals surface area (Å²) >= 11 is 11.8. The van der Waals surface area contributed by atoms with Gasteiger partial charge in [-0.3, -0.25) is 9.59 Å². The average molecular weight is 343 g/mol. The average Bonchev–Trinajstić information content (AvgIpc) is 2.95. The highest BCUT2D eigenvalue weighted by molar-refractivity contribution is 6.36. The van der Waals surface area contributed by atoms with E-state index in [2.05, 4.69) is 10.3 Å². The van der Waals surface area contributed by atoms with E-state index in [-0.39, 0.29) is 23.4 Å². The van der Waals surface area contributed by atoms with Crippen LogP contribution in [0.5, 0.6) is 0 Å². The Labute approximate surface area is 138 Å². The first-order chi connectivity index (χ1) is 10.5. The predicted molar refractivity (Wildman–Crippen MR) is 85.1 cm³/mol. The van der Waals surface area contributed by atoms with Gasteiger partial charge >= 0.3 is 5.97 Å². The first-order valence-electron chi connectivity index (χ1n) is 6.90. The highest BCUT2D eigenvalue weighted by Gasteiger charge is 2.16. The number of allylic oxidation sites excluding steroid dienone is 2. The lowest BCUT2D eigenvalue weighted by molar-refractivity contribution is -0.147. The fraction of sp³-hybridized carbons (Fsp3) is 0.400. The molecule has 5 nitrogen and oxygen atoms in total. The van der Waals surface area contributed by atoms with Gasteiger partial charge in [-0.2, -0.15) is 0 Å². The van der Waals surface area contributed by atoms with Crippen molar-refractivity contribution in [2.45, 2.75) is 26.2 Å². The number of anilines is 1. The van der Waals surface area contributed by atoms with Crippen LogP contribution in [0, 0.1) is 12.8 Å². The molecule has 1 aliphatic carbocycles. The van der Waals surface area contributed by atoms with Crippen LogP contribution >= 0.6 is 23.2 Å².